The van der Waals surface area contributed by atoms with E-state index in [1.807, 2.05) is 43.3 Å². The number of benzene rings is 3. The first kappa shape index (κ1) is 26.7. The number of nitro groups is 1. The molecule has 1 fully saturated rings. The summed E-state index contributed by atoms with van der Waals surface area (Å²) in [5, 5.41) is 14.4. The van der Waals surface area contributed by atoms with Crippen molar-refractivity contribution in [2.45, 2.75) is 26.9 Å². The molecule has 0 aliphatic carbocycles. The smallest absolute Gasteiger partial charge is 0.269 e. The zero-order valence-corrected chi connectivity index (χ0v) is 23.2. The first-order valence-corrected chi connectivity index (χ1v) is 13.5. The molecule has 8 nitrogen and oxygen atoms in total. The molecule has 190 valence electrons. The fourth-order valence-electron chi connectivity index (χ4n) is 3.54. The van der Waals surface area contributed by atoms with Crippen LogP contribution in [0.2, 0.25) is 0 Å². The van der Waals surface area contributed by atoms with Crippen LogP contribution in [0.15, 0.2) is 70.6 Å². The minimum Gasteiger partial charge on any atom is -0.490 e. The number of amides is 1. The lowest BCUT2D eigenvalue weighted by Crippen LogP contribution is -2.19. The normalized spacial score (nSPS) is 15.2. The highest BCUT2D eigenvalue weighted by atomic mass is 127. The number of ether oxygens (including phenoxy) is 2. The van der Waals surface area contributed by atoms with Crippen LogP contribution in [0, 0.1) is 13.7 Å². The van der Waals surface area contributed by atoms with Crippen LogP contribution in [0.4, 0.5) is 11.4 Å². The zero-order chi connectivity index (χ0) is 26.4. The Labute approximate surface area is 232 Å². The number of aryl methyl sites for hydroxylation is 1. The Balaban J connectivity index is 1.54. The summed E-state index contributed by atoms with van der Waals surface area (Å²) < 4.78 is 12.6. The number of carbonyl (C=O) groups excluding carboxylic acids is 1. The average molecular weight is 629 g/mol. The highest BCUT2D eigenvalue weighted by Gasteiger charge is 2.24. The van der Waals surface area contributed by atoms with Crippen LogP contribution in [0.5, 0.6) is 11.5 Å². The summed E-state index contributed by atoms with van der Waals surface area (Å²) in [4.78, 5) is 28.3. The fraction of sp³-hybridized carbons (Fsp3) is 0.185. The number of nitrogens with one attached hydrogen (secondary N) is 1. The first-order chi connectivity index (χ1) is 17.9. The molecule has 37 heavy (non-hydrogen) atoms. The number of halogens is 1. The maximum Gasteiger partial charge on any atom is 0.269 e. The van der Waals surface area contributed by atoms with Gasteiger partial charge in [-0.3, -0.25) is 14.9 Å². The lowest BCUT2D eigenvalue weighted by atomic mass is 10.1. The van der Waals surface area contributed by atoms with Crippen molar-refractivity contribution in [2.75, 3.05) is 6.61 Å². The second kappa shape index (κ2) is 12.2. The van der Waals surface area contributed by atoms with Crippen molar-refractivity contribution in [2.24, 2.45) is 4.99 Å². The Morgan fingerprint density at radius 1 is 1.08 bits per heavy atom. The molecule has 1 saturated heterocycles. The van der Waals surface area contributed by atoms with E-state index in [9.17, 15) is 14.9 Å². The molecule has 0 unspecified atom stereocenters. The van der Waals surface area contributed by atoms with Gasteiger partial charge < -0.3 is 14.8 Å². The number of hydrogen-bond acceptors (Lipinski definition) is 7. The van der Waals surface area contributed by atoms with Crippen LogP contribution in [0.25, 0.3) is 6.08 Å². The van der Waals surface area contributed by atoms with Crippen molar-refractivity contribution in [1.82, 2.24) is 5.32 Å². The van der Waals surface area contributed by atoms with Crippen LogP contribution in [-0.4, -0.2) is 22.6 Å². The lowest BCUT2D eigenvalue weighted by molar-refractivity contribution is -0.384. The topological polar surface area (TPSA) is 103 Å². The van der Waals surface area contributed by atoms with Crippen molar-refractivity contribution in [3.63, 3.8) is 0 Å². The van der Waals surface area contributed by atoms with Gasteiger partial charge in [0, 0.05) is 12.1 Å². The van der Waals surface area contributed by atoms with Gasteiger partial charge in [0.1, 0.15) is 6.61 Å². The minimum atomic E-state index is -0.434. The quantitative estimate of drug-likeness (QED) is 0.123. The predicted octanol–water partition coefficient (Wildman–Crippen LogP) is 6.63. The van der Waals surface area contributed by atoms with Crippen molar-refractivity contribution >= 4 is 62.9 Å². The van der Waals surface area contributed by atoms with Crippen LogP contribution in [0.1, 0.15) is 30.5 Å². The monoisotopic (exact) mass is 629 g/mol. The Bertz CT molecular complexity index is 1390. The lowest BCUT2D eigenvalue weighted by Gasteiger charge is -2.15. The number of aliphatic imine (C=N–C) groups is 1. The van der Waals surface area contributed by atoms with Crippen LogP contribution in [0.3, 0.4) is 0 Å². The molecule has 0 saturated carbocycles. The van der Waals surface area contributed by atoms with Gasteiger partial charge in [-0.15, -0.1) is 0 Å². The van der Waals surface area contributed by atoms with E-state index in [0.29, 0.717) is 33.7 Å². The Kier molecular flexibility index (Phi) is 8.82. The van der Waals surface area contributed by atoms with Gasteiger partial charge in [-0.25, -0.2) is 4.99 Å². The summed E-state index contributed by atoms with van der Waals surface area (Å²) in [6.07, 6.45) is 2.74. The first-order valence-electron chi connectivity index (χ1n) is 11.6. The molecular formula is C27H24IN3O5S. The highest BCUT2D eigenvalue weighted by Crippen LogP contribution is 2.37. The number of nitro benzene ring substituents is 1. The van der Waals surface area contributed by atoms with E-state index in [4.69, 9.17) is 9.47 Å². The molecule has 1 amide bonds. The number of rotatable bonds is 9. The van der Waals surface area contributed by atoms with E-state index in [0.717, 1.165) is 21.2 Å². The Morgan fingerprint density at radius 2 is 1.86 bits per heavy atom. The molecule has 10 heteroatoms. The molecule has 0 bridgehead atoms. The van der Waals surface area contributed by atoms with Crippen molar-refractivity contribution in [3.8, 4) is 11.5 Å². The van der Waals surface area contributed by atoms with Gasteiger partial charge in [-0.1, -0.05) is 31.2 Å². The van der Waals surface area contributed by atoms with Gasteiger partial charge in [0.05, 0.1) is 25.7 Å². The average Bonchev–Trinajstić information content (AvgIpc) is 3.22. The molecule has 4 rings (SSSR count). The number of thioether (sulfide) groups is 1. The molecule has 1 heterocycles. The molecule has 0 spiro atoms. The van der Waals surface area contributed by atoms with Gasteiger partial charge in [0.2, 0.25) is 0 Å². The molecule has 0 atom stereocenters. The fourth-order valence-corrected chi connectivity index (χ4v) is 5.17. The number of non-ortho nitro benzene ring substituents is 1. The van der Waals surface area contributed by atoms with E-state index in [2.05, 4.69) is 39.8 Å². The van der Waals surface area contributed by atoms with E-state index in [-0.39, 0.29) is 18.2 Å². The van der Waals surface area contributed by atoms with Gasteiger partial charge in [0.25, 0.3) is 11.6 Å². The number of nitrogens with zero attached hydrogens (tertiary/aromatic N) is 2. The second-order valence-corrected chi connectivity index (χ2v) is 10.2. The largest absolute Gasteiger partial charge is 0.490 e. The summed E-state index contributed by atoms with van der Waals surface area (Å²) in [6, 6.07) is 17.9. The van der Waals surface area contributed by atoms with Crippen molar-refractivity contribution in [3.05, 3.63) is 95.9 Å². The van der Waals surface area contributed by atoms with Crippen LogP contribution < -0.4 is 14.8 Å². The molecule has 3 aromatic carbocycles. The summed E-state index contributed by atoms with van der Waals surface area (Å²) >= 11 is 3.43. The maximum atomic E-state index is 12.6. The second-order valence-electron chi connectivity index (χ2n) is 7.98. The summed E-state index contributed by atoms with van der Waals surface area (Å²) in [5.41, 5.74) is 3.47. The maximum absolute atomic E-state index is 12.6. The van der Waals surface area contributed by atoms with E-state index >= 15 is 0 Å². The molecule has 1 N–H and O–H groups in total. The van der Waals surface area contributed by atoms with Crippen molar-refractivity contribution < 1.29 is 19.2 Å². The van der Waals surface area contributed by atoms with Gasteiger partial charge in [-0.05, 0) is 94.7 Å². The summed E-state index contributed by atoms with van der Waals surface area (Å²) in [6.45, 7) is 4.54. The van der Waals surface area contributed by atoms with Crippen LogP contribution >= 0.6 is 34.4 Å². The van der Waals surface area contributed by atoms with E-state index < -0.39 is 4.92 Å². The molecule has 1 aliphatic heterocycles. The highest BCUT2D eigenvalue weighted by molar-refractivity contribution is 14.1. The number of amidine groups is 1. The third-order valence-corrected chi connectivity index (χ3v) is 7.07. The molecule has 3 aromatic rings. The Morgan fingerprint density at radius 3 is 2.57 bits per heavy atom. The predicted molar refractivity (Wildman–Crippen MR) is 154 cm³/mol. The van der Waals surface area contributed by atoms with E-state index in [1.54, 1.807) is 18.2 Å². The third-order valence-electron chi connectivity index (χ3n) is 5.36. The van der Waals surface area contributed by atoms with Gasteiger partial charge >= 0.3 is 0 Å². The third kappa shape index (κ3) is 6.89. The standard InChI is InChI=1S/C27H24IN3O5S/c1-3-17-8-10-20(11-9-17)29-27-30-26(32)24(37-27)15-19-13-22(28)25(23(14-19)35-4-2)36-16-18-6-5-7-21(12-18)31(33)34/h5-15H,3-4,16H2,1-2H3,(H,29,30,32)/b24-15-. The summed E-state index contributed by atoms with van der Waals surface area (Å²) in [7, 11) is 0. The number of hydrogen-bond donors (Lipinski definition) is 1. The SMILES string of the molecule is CCOc1cc(/C=C2\SC(=Nc3ccc(CC)cc3)NC2=O)cc(I)c1OCc1cccc([N+](=O)[O-])c1. The molecule has 1 aliphatic rings. The summed E-state index contributed by atoms with van der Waals surface area (Å²) in [5.74, 6) is 0.852. The van der Waals surface area contributed by atoms with Crippen molar-refractivity contribution in [1.29, 1.82) is 0 Å². The van der Waals surface area contributed by atoms with E-state index in [1.165, 1.54) is 29.5 Å². The van der Waals surface area contributed by atoms with Gasteiger partial charge in [0.15, 0.2) is 16.7 Å². The molecule has 0 radical (unpaired) electrons. The zero-order valence-electron chi connectivity index (χ0n) is 20.2. The number of carbonyl (C=O) groups is 1. The van der Waals surface area contributed by atoms with Gasteiger partial charge in [-0.2, -0.15) is 0 Å². The molecule has 0 aromatic heterocycles. The minimum absolute atomic E-state index is 0.0102. The Hall–Kier alpha value is -3.38. The van der Waals surface area contributed by atoms with Crippen LogP contribution in [-0.2, 0) is 17.8 Å². The molecular weight excluding hydrogens is 605 g/mol.